The molecular formula is C15H32N2. The van der Waals surface area contributed by atoms with Crippen LogP contribution in [0.1, 0.15) is 65.2 Å². The van der Waals surface area contributed by atoms with Crippen molar-refractivity contribution in [2.45, 2.75) is 65.2 Å². The Hall–Kier alpha value is -0.0800. The molecule has 0 bridgehead atoms. The van der Waals surface area contributed by atoms with Crippen molar-refractivity contribution in [1.82, 2.24) is 4.90 Å². The van der Waals surface area contributed by atoms with Crippen molar-refractivity contribution in [3.05, 3.63) is 0 Å². The summed E-state index contributed by atoms with van der Waals surface area (Å²) < 4.78 is 0. The SMILES string of the molecule is CC(C)(CCN)CCCN1CCCCCCC1. The topological polar surface area (TPSA) is 29.3 Å². The lowest BCUT2D eigenvalue weighted by Crippen LogP contribution is -2.29. The normalized spacial score (nSPS) is 19.9. The van der Waals surface area contributed by atoms with Crippen molar-refractivity contribution >= 4 is 0 Å². The molecule has 17 heavy (non-hydrogen) atoms. The largest absolute Gasteiger partial charge is 0.330 e. The number of nitrogens with two attached hydrogens (primary N) is 1. The molecule has 0 unspecified atom stereocenters. The summed E-state index contributed by atoms with van der Waals surface area (Å²) in [6.45, 7) is 9.50. The lowest BCUT2D eigenvalue weighted by atomic mass is 9.84. The van der Waals surface area contributed by atoms with Crippen LogP contribution < -0.4 is 5.73 Å². The Morgan fingerprint density at radius 3 is 2.12 bits per heavy atom. The summed E-state index contributed by atoms with van der Waals surface area (Å²) in [4.78, 5) is 2.68. The van der Waals surface area contributed by atoms with Gasteiger partial charge >= 0.3 is 0 Å². The summed E-state index contributed by atoms with van der Waals surface area (Å²) in [7, 11) is 0. The van der Waals surface area contributed by atoms with E-state index in [4.69, 9.17) is 5.73 Å². The van der Waals surface area contributed by atoms with E-state index in [1.165, 1.54) is 64.6 Å². The molecule has 1 rings (SSSR count). The van der Waals surface area contributed by atoms with Crippen LogP contribution in [-0.4, -0.2) is 31.1 Å². The molecule has 2 heteroatoms. The van der Waals surface area contributed by atoms with Crippen molar-refractivity contribution in [2.24, 2.45) is 11.1 Å². The van der Waals surface area contributed by atoms with Crippen LogP contribution in [0.5, 0.6) is 0 Å². The molecule has 0 atom stereocenters. The molecule has 0 aromatic carbocycles. The average Bonchev–Trinajstić information content (AvgIpc) is 2.20. The lowest BCUT2D eigenvalue weighted by Gasteiger charge is -2.28. The maximum Gasteiger partial charge on any atom is -0.00185 e. The van der Waals surface area contributed by atoms with E-state index in [0.717, 1.165) is 13.0 Å². The number of hydrogen-bond donors (Lipinski definition) is 1. The highest BCUT2D eigenvalue weighted by molar-refractivity contribution is 4.71. The van der Waals surface area contributed by atoms with Gasteiger partial charge in [-0.2, -0.15) is 0 Å². The van der Waals surface area contributed by atoms with Gasteiger partial charge in [0.1, 0.15) is 0 Å². The third-order valence-corrected chi connectivity index (χ3v) is 4.10. The molecule has 0 saturated carbocycles. The highest BCUT2D eigenvalue weighted by atomic mass is 15.1. The summed E-state index contributed by atoms with van der Waals surface area (Å²) in [6.07, 6.45) is 11.0. The van der Waals surface area contributed by atoms with Crippen molar-refractivity contribution in [2.75, 3.05) is 26.2 Å². The van der Waals surface area contributed by atoms with Gasteiger partial charge in [-0.05, 0) is 63.7 Å². The number of rotatable bonds is 6. The summed E-state index contributed by atoms with van der Waals surface area (Å²) in [5, 5.41) is 0. The van der Waals surface area contributed by atoms with Gasteiger partial charge in [0.05, 0.1) is 0 Å². The Kier molecular flexibility index (Phi) is 7.14. The lowest BCUT2D eigenvalue weighted by molar-refractivity contribution is 0.219. The van der Waals surface area contributed by atoms with E-state index in [9.17, 15) is 0 Å². The average molecular weight is 240 g/mol. The molecule has 1 saturated heterocycles. The molecule has 0 spiro atoms. The third-order valence-electron chi connectivity index (χ3n) is 4.10. The van der Waals surface area contributed by atoms with Crippen molar-refractivity contribution in [1.29, 1.82) is 0 Å². The van der Waals surface area contributed by atoms with Gasteiger partial charge in [0.25, 0.3) is 0 Å². The molecule has 2 N–H and O–H groups in total. The predicted molar refractivity (Wildman–Crippen MR) is 76.2 cm³/mol. The van der Waals surface area contributed by atoms with E-state index >= 15 is 0 Å². The Morgan fingerprint density at radius 2 is 1.53 bits per heavy atom. The van der Waals surface area contributed by atoms with Gasteiger partial charge in [0, 0.05) is 0 Å². The van der Waals surface area contributed by atoms with E-state index in [0.29, 0.717) is 5.41 Å². The first-order valence-electron chi connectivity index (χ1n) is 7.56. The van der Waals surface area contributed by atoms with E-state index in [1.807, 2.05) is 0 Å². The van der Waals surface area contributed by atoms with Gasteiger partial charge in [0.2, 0.25) is 0 Å². The standard InChI is InChI=1S/C15H32N2/c1-15(2,10-11-16)9-8-14-17-12-6-4-3-5-7-13-17/h3-14,16H2,1-2H3. The highest BCUT2D eigenvalue weighted by Crippen LogP contribution is 2.26. The maximum absolute atomic E-state index is 5.66. The van der Waals surface area contributed by atoms with Crippen LogP contribution in [0.3, 0.4) is 0 Å². The zero-order chi connectivity index (χ0) is 12.6. The molecule has 2 nitrogen and oxygen atoms in total. The summed E-state index contributed by atoms with van der Waals surface area (Å²) >= 11 is 0. The molecule has 0 radical (unpaired) electrons. The minimum atomic E-state index is 0.442. The zero-order valence-corrected chi connectivity index (χ0v) is 12.0. The third kappa shape index (κ3) is 7.05. The summed E-state index contributed by atoms with van der Waals surface area (Å²) in [5.41, 5.74) is 6.10. The van der Waals surface area contributed by atoms with E-state index < -0.39 is 0 Å². The fourth-order valence-corrected chi connectivity index (χ4v) is 2.83. The molecule has 0 aliphatic carbocycles. The number of nitrogens with zero attached hydrogens (tertiary/aromatic N) is 1. The molecule has 1 heterocycles. The van der Waals surface area contributed by atoms with E-state index in [-0.39, 0.29) is 0 Å². The Morgan fingerprint density at radius 1 is 0.941 bits per heavy atom. The summed E-state index contributed by atoms with van der Waals surface area (Å²) in [5.74, 6) is 0. The molecule has 0 amide bonds. The van der Waals surface area contributed by atoms with Crippen LogP contribution in [-0.2, 0) is 0 Å². The minimum absolute atomic E-state index is 0.442. The van der Waals surface area contributed by atoms with Crippen LogP contribution in [0.4, 0.5) is 0 Å². The first kappa shape index (κ1) is 15.0. The van der Waals surface area contributed by atoms with Crippen LogP contribution in [0, 0.1) is 5.41 Å². The van der Waals surface area contributed by atoms with Crippen molar-refractivity contribution < 1.29 is 0 Å². The quantitative estimate of drug-likeness (QED) is 0.771. The number of likely N-dealkylation sites (tertiary alicyclic amines) is 1. The van der Waals surface area contributed by atoms with Gasteiger partial charge in [-0.25, -0.2) is 0 Å². The molecule has 102 valence electrons. The molecule has 0 aromatic heterocycles. The van der Waals surface area contributed by atoms with Crippen molar-refractivity contribution in [3.8, 4) is 0 Å². The Balaban J connectivity index is 2.15. The fourth-order valence-electron chi connectivity index (χ4n) is 2.83. The Labute approximate surface area is 108 Å². The van der Waals surface area contributed by atoms with Gasteiger partial charge in [0.15, 0.2) is 0 Å². The monoisotopic (exact) mass is 240 g/mol. The maximum atomic E-state index is 5.66. The zero-order valence-electron chi connectivity index (χ0n) is 12.0. The summed E-state index contributed by atoms with van der Waals surface area (Å²) in [6, 6.07) is 0. The fraction of sp³-hybridized carbons (Fsp3) is 1.00. The minimum Gasteiger partial charge on any atom is -0.330 e. The Bertz CT molecular complexity index is 181. The van der Waals surface area contributed by atoms with E-state index in [2.05, 4.69) is 18.7 Å². The van der Waals surface area contributed by atoms with Crippen LogP contribution in [0.15, 0.2) is 0 Å². The van der Waals surface area contributed by atoms with Crippen LogP contribution in [0.2, 0.25) is 0 Å². The van der Waals surface area contributed by atoms with Gasteiger partial charge in [-0.1, -0.05) is 33.1 Å². The second-order valence-electron chi connectivity index (χ2n) is 6.42. The van der Waals surface area contributed by atoms with E-state index in [1.54, 1.807) is 0 Å². The molecule has 0 aromatic rings. The molecule has 1 fully saturated rings. The second kappa shape index (κ2) is 8.10. The van der Waals surface area contributed by atoms with Crippen LogP contribution in [0.25, 0.3) is 0 Å². The number of hydrogen-bond acceptors (Lipinski definition) is 2. The molecular weight excluding hydrogens is 208 g/mol. The van der Waals surface area contributed by atoms with Gasteiger partial charge < -0.3 is 10.6 Å². The first-order valence-corrected chi connectivity index (χ1v) is 7.56. The predicted octanol–water partition coefficient (Wildman–Crippen LogP) is 3.41. The molecule has 1 aliphatic rings. The highest BCUT2D eigenvalue weighted by Gasteiger charge is 2.17. The van der Waals surface area contributed by atoms with Gasteiger partial charge in [-0.3, -0.25) is 0 Å². The van der Waals surface area contributed by atoms with Crippen molar-refractivity contribution in [3.63, 3.8) is 0 Å². The molecule has 1 aliphatic heterocycles. The van der Waals surface area contributed by atoms with Crippen LogP contribution >= 0.6 is 0 Å². The van der Waals surface area contributed by atoms with Gasteiger partial charge in [-0.15, -0.1) is 0 Å². The first-order chi connectivity index (χ1) is 8.14. The smallest absolute Gasteiger partial charge is 0.00185 e. The second-order valence-corrected chi connectivity index (χ2v) is 6.42.